The van der Waals surface area contributed by atoms with Crippen molar-refractivity contribution in [1.29, 1.82) is 0 Å². The zero-order chi connectivity index (χ0) is 18.5. The number of anilines is 1. The maximum absolute atomic E-state index is 13.5. The van der Waals surface area contributed by atoms with Crippen LogP contribution in [0.1, 0.15) is 38.2 Å². The van der Waals surface area contributed by atoms with E-state index in [1.54, 1.807) is 12.1 Å². The van der Waals surface area contributed by atoms with E-state index in [0.717, 1.165) is 30.2 Å². The average Bonchev–Trinajstić information content (AvgIpc) is 2.83. The van der Waals surface area contributed by atoms with Crippen LogP contribution in [0.25, 0.3) is 0 Å². The summed E-state index contributed by atoms with van der Waals surface area (Å²) in [5.41, 5.74) is 2.06. The van der Waals surface area contributed by atoms with E-state index >= 15 is 0 Å². The van der Waals surface area contributed by atoms with Crippen molar-refractivity contribution in [2.24, 2.45) is 0 Å². The van der Waals surface area contributed by atoms with Crippen molar-refractivity contribution < 1.29 is 12.8 Å². The number of fused-ring (bicyclic) bond motifs is 3. The molecule has 2 heterocycles. The van der Waals surface area contributed by atoms with Gasteiger partial charge in [-0.25, -0.2) is 12.8 Å². The molecule has 0 amide bonds. The lowest BCUT2D eigenvalue weighted by molar-refractivity contribution is 0.468. The van der Waals surface area contributed by atoms with Gasteiger partial charge in [-0.3, -0.25) is 0 Å². The molecule has 2 aliphatic rings. The lowest BCUT2D eigenvalue weighted by Crippen LogP contribution is -2.33. The van der Waals surface area contributed by atoms with Crippen molar-refractivity contribution in [2.75, 3.05) is 5.32 Å². The summed E-state index contributed by atoms with van der Waals surface area (Å²) >= 11 is 0. The molecule has 1 saturated heterocycles. The van der Waals surface area contributed by atoms with Crippen LogP contribution in [-0.2, 0) is 9.84 Å². The molecule has 0 spiro atoms. The Balaban J connectivity index is 1.74. The van der Waals surface area contributed by atoms with E-state index in [9.17, 15) is 12.8 Å². The Morgan fingerprint density at radius 2 is 1.73 bits per heavy atom. The van der Waals surface area contributed by atoms with E-state index < -0.39 is 15.7 Å². The van der Waals surface area contributed by atoms with Gasteiger partial charge in [0.1, 0.15) is 5.82 Å². The first-order valence-corrected chi connectivity index (χ1v) is 10.5. The van der Waals surface area contributed by atoms with Gasteiger partial charge in [-0.05, 0) is 68.7 Å². The topological polar surface area (TPSA) is 58.2 Å². The van der Waals surface area contributed by atoms with Crippen molar-refractivity contribution in [3.05, 3.63) is 53.8 Å². The second kappa shape index (κ2) is 6.35. The van der Waals surface area contributed by atoms with E-state index in [-0.39, 0.29) is 15.7 Å². The zero-order valence-electron chi connectivity index (χ0n) is 14.9. The zero-order valence-corrected chi connectivity index (χ0v) is 15.7. The second-order valence-electron chi connectivity index (χ2n) is 7.51. The predicted octanol–water partition coefficient (Wildman–Crippen LogP) is 3.70. The molecule has 0 saturated carbocycles. The number of nitrogens with one attached hydrogen (secondary N) is 2. The van der Waals surface area contributed by atoms with Crippen molar-refractivity contribution >= 4 is 15.5 Å². The van der Waals surface area contributed by atoms with Crippen LogP contribution >= 0.6 is 0 Å². The highest BCUT2D eigenvalue weighted by Gasteiger charge is 2.37. The molecular formula is C20H23FN2O2S. The predicted molar refractivity (Wildman–Crippen MR) is 99.7 cm³/mol. The summed E-state index contributed by atoms with van der Waals surface area (Å²) in [5.74, 6) is -0.272. The first-order chi connectivity index (χ1) is 12.3. The summed E-state index contributed by atoms with van der Waals surface area (Å²) in [4.78, 5) is 0.215. The fourth-order valence-electron chi connectivity index (χ4n) is 4.33. The molecule has 2 aromatic rings. The lowest BCUT2D eigenvalue weighted by Gasteiger charge is -2.18. The van der Waals surface area contributed by atoms with Crippen LogP contribution < -0.4 is 10.6 Å². The van der Waals surface area contributed by atoms with E-state index in [4.69, 9.17) is 0 Å². The second-order valence-corrected chi connectivity index (χ2v) is 9.46. The molecule has 4 rings (SSSR count). The number of halogens is 1. The molecule has 2 aromatic carbocycles. The van der Waals surface area contributed by atoms with Crippen LogP contribution in [0.5, 0.6) is 0 Å². The van der Waals surface area contributed by atoms with Gasteiger partial charge in [0.2, 0.25) is 9.84 Å². The smallest absolute Gasteiger partial charge is 0.206 e. The number of hydrogen-bond acceptors (Lipinski definition) is 4. The van der Waals surface area contributed by atoms with Crippen LogP contribution in [0.2, 0.25) is 0 Å². The molecule has 0 radical (unpaired) electrons. The first kappa shape index (κ1) is 17.5. The van der Waals surface area contributed by atoms with Crippen LogP contribution in [0.4, 0.5) is 10.1 Å². The fraction of sp³-hybridized carbons (Fsp3) is 0.400. The van der Waals surface area contributed by atoms with Crippen molar-refractivity contribution in [3.63, 3.8) is 0 Å². The summed E-state index contributed by atoms with van der Waals surface area (Å²) in [5, 5.41) is 7.14. The minimum atomic E-state index is -3.74. The van der Waals surface area contributed by atoms with Gasteiger partial charge in [0.05, 0.1) is 9.79 Å². The third-order valence-corrected chi connectivity index (χ3v) is 7.20. The van der Waals surface area contributed by atoms with Crippen LogP contribution in [0, 0.1) is 5.82 Å². The van der Waals surface area contributed by atoms with Gasteiger partial charge in [-0.1, -0.05) is 6.07 Å². The van der Waals surface area contributed by atoms with Crippen molar-refractivity contribution in [1.82, 2.24) is 5.32 Å². The quantitative estimate of drug-likeness (QED) is 0.842. The highest BCUT2D eigenvalue weighted by Crippen LogP contribution is 2.43. The Labute approximate surface area is 153 Å². The molecule has 2 aliphatic heterocycles. The average molecular weight is 374 g/mol. The van der Waals surface area contributed by atoms with E-state index in [0.29, 0.717) is 18.1 Å². The molecule has 2 unspecified atom stereocenters. The molecule has 2 N–H and O–H groups in total. The molecular weight excluding hydrogens is 351 g/mol. The third kappa shape index (κ3) is 3.01. The molecule has 0 aliphatic carbocycles. The van der Waals surface area contributed by atoms with Gasteiger partial charge in [0.15, 0.2) is 0 Å². The summed E-state index contributed by atoms with van der Waals surface area (Å²) in [6.07, 6.45) is 1.95. The van der Waals surface area contributed by atoms with Crippen molar-refractivity contribution in [3.8, 4) is 0 Å². The normalized spacial score (nSPS) is 28.0. The molecule has 1 fully saturated rings. The van der Waals surface area contributed by atoms with Gasteiger partial charge in [-0.15, -0.1) is 0 Å². The Morgan fingerprint density at radius 1 is 1.00 bits per heavy atom. The van der Waals surface area contributed by atoms with E-state index in [1.807, 2.05) is 6.07 Å². The number of hydrogen-bond donors (Lipinski definition) is 2. The molecule has 4 nitrogen and oxygen atoms in total. The maximum atomic E-state index is 13.5. The standard InChI is InChI=1S/C20H23FN2O2S/c1-12-8-17-18-11-16(26(24,25)15-5-3-4-14(21)10-15)6-7-19(18)23-20(17)9-13(2)22-12/h3-7,10-13,17,20,22-23H,8-9H2,1-2H3/t12?,13?,17-,20-/m1/s1. The minimum absolute atomic E-state index is 0.00974. The molecule has 4 atom stereocenters. The summed E-state index contributed by atoms with van der Waals surface area (Å²) in [6.45, 7) is 4.35. The van der Waals surface area contributed by atoms with E-state index in [1.165, 1.54) is 18.2 Å². The monoisotopic (exact) mass is 374 g/mol. The number of sulfone groups is 1. The Hall–Kier alpha value is -1.92. The Kier molecular flexibility index (Phi) is 4.28. The van der Waals surface area contributed by atoms with Crippen molar-refractivity contribution in [2.45, 2.75) is 60.5 Å². The highest BCUT2D eigenvalue weighted by molar-refractivity contribution is 7.91. The van der Waals surface area contributed by atoms with Gasteiger partial charge < -0.3 is 10.6 Å². The molecule has 138 valence electrons. The Bertz CT molecular complexity index is 945. The number of rotatable bonds is 2. The van der Waals surface area contributed by atoms with Gasteiger partial charge in [-0.2, -0.15) is 0 Å². The largest absolute Gasteiger partial charge is 0.381 e. The Morgan fingerprint density at radius 3 is 2.50 bits per heavy atom. The van der Waals surface area contributed by atoms with Gasteiger partial charge in [0, 0.05) is 29.7 Å². The minimum Gasteiger partial charge on any atom is -0.381 e. The maximum Gasteiger partial charge on any atom is 0.206 e. The fourth-order valence-corrected chi connectivity index (χ4v) is 5.66. The first-order valence-electron chi connectivity index (χ1n) is 9.02. The van der Waals surface area contributed by atoms with E-state index in [2.05, 4.69) is 24.5 Å². The third-order valence-electron chi connectivity index (χ3n) is 5.45. The molecule has 26 heavy (non-hydrogen) atoms. The molecule has 0 bridgehead atoms. The lowest BCUT2D eigenvalue weighted by atomic mass is 9.88. The van der Waals surface area contributed by atoms with Crippen LogP contribution in [-0.4, -0.2) is 26.5 Å². The molecule has 0 aromatic heterocycles. The van der Waals surface area contributed by atoms with Gasteiger partial charge >= 0.3 is 0 Å². The SMILES string of the molecule is CC1C[C@@H]2c3cc(S(=O)(=O)c4cccc(F)c4)ccc3N[C@@H]2CC(C)N1. The summed E-state index contributed by atoms with van der Waals surface area (Å²) in [6, 6.07) is 11.5. The number of benzene rings is 2. The highest BCUT2D eigenvalue weighted by atomic mass is 32.2. The summed E-state index contributed by atoms with van der Waals surface area (Å²) in [7, 11) is -3.74. The van der Waals surface area contributed by atoms with Crippen LogP contribution in [0.15, 0.2) is 52.3 Å². The van der Waals surface area contributed by atoms with Gasteiger partial charge in [0.25, 0.3) is 0 Å². The van der Waals surface area contributed by atoms with Crippen LogP contribution in [0.3, 0.4) is 0 Å². The summed E-state index contributed by atoms with van der Waals surface area (Å²) < 4.78 is 39.4. The molecule has 6 heteroatoms.